The SMILES string of the molecule is CC(=O)N1CCC(N)(c2ccc(NC(=O)c3nc(C#N)c[nH]3)c(C3=CCC(C)(C)CC3)c2)CC1. The van der Waals surface area contributed by atoms with Crippen LogP contribution in [0, 0.1) is 16.7 Å². The number of rotatable bonds is 4. The molecule has 0 unspecified atom stereocenters. The topological polar surface area (TPSA) is 128 Å². The first-order valence-electron chi connectivity index (χ1n) is 11.8. The molecule has 0 atom stereocenters. The lowest BCUT2D eigenvalue weighted by Gasteiger charge is -2.39. The largest absolute Gasteiger partial charge is 0.343 e. The third-order valence-corrected chi connectivity index (χ3v) is 7.17. The first kappa shape index (κ1) is 23.7. The lowest BCUT2D eigenvalue weighted by Crippen LogP contribution is -2.49. The van der Waals surface area contributed by atoms with Crippen molar-refractivity contribution in [3.63, 3.8) is 0 Å². The summed E-state index contributed by atoms with van der Waals surface area (Å²) in [5.41, 5.74) is 10.6. The first-order valence-corrected chi connectivity index (χ1v) is 11.8. The zero-order valence-corrected chi connectivity index (χ0v) is 20.1. The van der Waals surface area contributed by atoms with Crippen LogP contribution in [0.2, 0.25) is 0 Å². The highest BCUT2D eigenvalue weighted by molar-refractivity contribution is 6.03. The van der Waals surface area contributed by atoms with Gasteiger partial charge in [0.1, 0.15) is 6.07 Å². The predicted octanol–water partition coefficient (Wildman–Crippen LogP) is 3.92. The van der Waals surface area contributed by atoms with Crippen molar-refractivity contribution in [2.75, 3.05) is 18.4 Å². The summed E-state index contributed by atoms with van der Waals surface area (Å²) >= 11 is 0. The maximum Gasteiger partial charge on any atom is 0.291 e. The van der Waals surface area contributed by atoms with Crippen LogP contribution < -0.4 is 11.1 Å². The van der Waals surface area contributed by atoms with Crippen LogP contribution in [0.3, 0.4) is 0 Å². The zero-order valence-electron chi connectivity index (χ0n) is 20.1. The molecule has 178 valence electrons. The number of piperidine rings is 1. The van der Waals surface area contributed by atoms with Crippen LogP contribution >= 0.6 is 0 Å². The summed E-state index contributed by atoms with van der Waals surface area (Å²) in [6.07, 6.45) is 7.98. The number of carbonyl (C=O) groups is 2. The van der Waals surface area contributed by atoms with Crippen molar-refractivity contribution in [3.8, 4) is 6.07 Å². The standard InChI is InChI=1S/C26H32N6O2/c1-17(33)32-12-10-26(28,11-13-32)19-4-5-22(31-24(34)23-29-16-20(15-27)30-23)21(14-19)18-6-8-25(2,3)9-7-18/h4-6,14,16H,7-13,28H2,1-3H3,(H,29,30)(H,31,34). The maximum atomic E-state index is 12.8. The number of aromatic nitrogens is 2. The van der Waals surface area contributed by atoms with E-state index < -0.39 is 11.4 Å². The van der Waals surface area contributed by atoms with Crippen molar-refractivity contribution in [2.45, 2.75) is 58.4 Å². The molecule has 1 aliphatic heterocycles. The molecule has 2 heterocycles. The van der Waals surface area contributed by atoms with Crippen molar-refractivity contribution >= 4 is 23.1 Å². The average Bonchev–Trinajstić information content (AvgIpc) is 3.29. The van der Waals surface area contributed by atoms with E-state index in [4.69, 9.17) is 11.0 Å². The molecule has 2 amide bonds. The minimum atomic E-state index is -0.527. The van der Waals surface area contributed by atoms with Gasteiger partial charge in [0.25, 0.3) is 5.91 Å². The molecule has 1 saturated heterocycles. The number of imidazole rings is 1. The number of amides is 2. The Morgan fingerprint density at radius 3 is 2.56 bits per heavy atom. The van der Waals surface area contributed by atoms with E-state index in [1.165, 1.54) is 11.8 Å². The van der Waals surface area contributed by atoms with Crippen LogP contribution in [0.1, 0.15) is 80.3 Å². The lowest BCUT2D eigenvalue weighted by atomic mass is 9.75. The van der Waals surface area contributed by atoms with E-state index >= 15 is 0 Å². The van der Waals surface area contributed by atoms with E-state index in [0.717, 1.165) is 30.4 Å². The summed E-state index contributed by atoms with van der Waals surface area (Å²) in [7, 11) is 0. The molecule has 1 aliphatic carbocycles. The fourth-order valence-electron chi connectivity index (χ4n) is 4.74. The molecule has 0 radical (unpaired) electrons. The molecule has 34 heavy (non-hydrogen) atoms. The molecule has 0 spiro atoms. The number of nitrogens with two attached hydrogens (primary N) is 1. The van der Waals surface area contributed by atoms with Gasteiger partial charge in [0, 0.05) is 43.0 Å². The van der Waals surface area contributed by atoms with Crippen molar-refractivity contribution in [3.05, 3.63) is 53.1 Å². The molecule has 2 aliphatic rings. The molecular weight excluding hydrogens is 428 g/mol. The highest BCUT2D eigenvalue weighted by atomic mass is 16.2. The predicted molar refractivity (Wildman–Crippen MR) is 131 cm³/mol. The summed E-state index contributed by atoms with van der Waals surface area (Å²) in [6.45, 7) is 7.39. The monoisotopic (exact) mass is 460 g/mol. The number of carbonyl (C=O) groups excluding carboxylic acids is 2. The summed E-state index contributed by atoms with van der Waals surface area (Å²) in [4.78, 5) is 33.2. The van der Waals surface area contributed by atoms with Gasteiger partial charge >= 0.3 is 0 Å². The number of hydrogen-bond donors (Lipinski definition) is 3. The van der Waals surface area contributed by atoms with Gasteiger partial charge in [0.2, 0.25) is 5.91 Å². The number of nitrogens with zero attached hydrogens (tertiary/aromatic N) is 3. The third kappa shape index (κ3) is 4.90. The molecule has 1 fully saturated rings. The van der Waals surface area contributed by atoms with Gasteiger partial charge in [-0.25, -0.2) is 4.98 Å². The van der Waals surface area contributed by atoms with Gasteiger partial charge in [-0.15, -0.1) is 0 Å². The summed E-state index contributed by atoms with van der Waals surface area (Å²) in [5, 5.41) is 12.0. The number of hydrogen-bond acceptors (Lipinski definition) is 5. The summed E-state index contributed by atoms with van der Waals surface area (Å²) in [5.74, 6) is -0.227. The maximum absolute atomic E-state index is 12.8. The Balaban J connectivity index is 1.66. The van der Waals surface area contributed by atoms with E-state index in [2.05, 4.69) is 41.3 Å². The molecule has 4 N–H and O–H groups in total. The van der Waals surface area contributed by atoms with Crippen molar-refractivity contribution in [1.29, 1.82) is 5.26 Å². The second-order valence-corrected chi connectivity index (χ2v) is 10.2. The molecular formula is C26H32N6O2. The molecule has 8 heteroatoms. The second kappa shape index (κ2) is 9.07. The van der Waals surface area contributed by atoms with Crippen LogP contribution in [0.4, 0.5) is 5.69 Å². The molecule has 0 bridgehead atoms. The van der Waals surface area contributed by atoms with Crippen LogP contribution in [-0.4, -0.2) is 39.8 Å². The Hall–Kier alpha value is -3.44. The Morgan fingerprint density at radius 1 is 1.24 bits per heavy atom. The van der Waals surface area contributed by atoms with E-state index in [-0.39, 0.29) is 22.8 Å². The highest BCUT2D eigenvalue weighted by Crippen LogP contribution is 2.41. The third-order valence-electron chi connectivity index (χ3n) is 7.17. The van der Waals surface area contributed by atoms with Crippen molar-refractivity contribution in [2.24, 2.45) is 11.1 Å². The number of benzene rings is 1. The Kier molecular flexibility index (Phi) is 6.32. The van der Waals surface area contributed by atoms with E-state index in [1.54, 1.807) is 6.92 Å². The van der Waals surface area contributed by atoms with Gasteiger partial charge in [0.05, 0.1) is 0 Å². The van der Waals surface area contributed by atoms with E-state index in [9.17, 15) is 9.59 Å². The number of likely N-dealkylation sites (tertiary alicyclic amines) is 1. The summed E-state index contributed by atoms with van der Waals surface area (Å²) in [6, 6.07) is 7.91. The van der Waals surface area contributed by atoms with E-state index in [1.807, 2.05) is 23.1 Å². The lowest BCUT2D eigenvalue weighted by molar-refractivity contribution is -0.130. The fraction of sp³-hybridized carbons (Fsp3) is 0.462. The molecule has 1 aromatic carbocycles. The second-order valence-electron chi connectivity index (χ2n) is 10.2. The fourth-order valence-corrected chi connectivity index (χ4v) is 4.74. The van der Waals surface area contributed by atoms with Crippen molar-refractivity contribution in [1.82, 2.24) is 14.9 Å². The number of H-pyrrole nitrogens is 1. The molecule has 1 aromatic heterocycles. The smallest absolute Gasteiger partial charge is 0.291 e. The van der Waals surface area contributed by atoms with Gasteiger partial charge in [-0.3, -0.25) is 9.59 Å². The minimum Gasteiger partial charge on any atom is -0.343 e. The van der Waals surface area contributed by atoms with Gasteiger partial charge in [-0.2, -0.15) is 5.26 Å². The van der Waals surface area contributed by atoms with Gasteiger partial charge in [-0.1, -0.05) is 26.0 Å². The number of allylic oxidation sites excluding steroid dienone is 2. The molecule has 0 saturated carbocycles. The normalized spacial score (nSPS) is 19.1. The van der Waals surface area contributed by atoms with Crippen molar-refractivity contribution < 1.29 is 9.59 Å². The van der Waals surface area contributed by atoms with Crippen LogP contribution in [0.5, 0.6) is 0 Å². The number of aromatic amines is 1. The Morgan fingerprint density at radius 2 is 1.97 bits per heavy atom. The van der Waals surface area contributed by atoms with Gasteiger partial charge < -0.3 is 20.9 Å². The Labute approximate surface area is 200 Å². The quantitative estimate of drug-likeness (QED) is 0.637. The zero-order chi connectivity index (χ0) is 24.5. The molecule has 8 nitrogen and oxygen atoms in total. The summed E-state index contributed by atoms with van der Waals surface area (Å²) < 4.78 is 0. The number of anilines is 1. The first-order chi connectivity index (χ1) is 16.1. The van der Waals surface area contributed by atoms with E-state index in [0.29, 0.717) is 31.6 Å². The van der Waals surface area contributed by atoms with Crippen LogP contribution in [0.15, 0.2) is 30.5 Å². The molecule has 4 rings (SSSR count). The number of nitrogens with one attached hydrogen (secondary N) is 2. The minimum absolute atomic E-state index is 0.0771. The van der Waals surface area contributed by atoms with Crippen LogP contribution in [-0.2, 0) is 10.3 Å². The average molecular weight is 461 g/mol. The van der Waals surface area contributed by atoms with Crippen LogP contribution in [0.25, 0.3) is 5.57 Å². The molecule has 2 aromatic rings. The van der Waals surface area contributed by atoms with Gasteiger partial charge in [0.15, 0.2) is 11.5 Å². The van der Waals surface area contributed by atoms with Gasteiger partial charge in [-0.05, 0) is 60.8 Å². The number of nitriles is 1. The highest BCUT2D eigenvalue weighted by Gasteiger charge is 2.34. The Bertz CT molecular complexity index is 1180.